The first-order valence-corrected chi connectivity index (χ1v) is 21.6. The summed E-state index contributed by atoms with van der Waals surface area (Å²) in [4.78, 5) is 78.9. The lowest BCUT2D eigenvalue weighted by Crippen LogP contribution is -2.48. The molecule has 0 unspecified atom stereocenters. The minimum absolute atomic E-state index is 0.00815. The number of fused-ring (bicyclic) bond motifs is 2. The Morgan fingerprint density at radius 1 is 0.723 bits per heavy atom. The Kier molecular flexibility index (Phi) is 16.8. The highest BCUT2D eigenvalue weighted by Crippen LogP contribution is 2.29. The van der Waals surface area contributed by atoms with E-state index in [4.69, 9.17) is 15.2 Å². The predicted octanol–water partition coefficient (Wildman–Crippen LogP) is 5.75. The molecule has 4 heterocycles. The maximum absolute atomic E-state index is 13.1. The van der Waals surface area contributed by atoms with Crippen molar-refractivity contribution in [3.63, 3.8) is 0 Å². The normalized spacial score (nSPS) is 13.1. The molecule has 0 aliphatic rings. The largest absolute Gasteiger partial charge is 0.496 e. The summed E-state index contributed by atoms with van der Waals surface area (Å²) in [6.45, 7) is 7.98. The van der Waals surface area contributed by atoms with Crippen LogP contribution in [-0.4, -0.2) is 84.7 Å². The van der Waals surface area contributed by atoms with Crippen molar-refractivity contribution >= 4 is 51.1 Å². The van der Waals surface area contributed by atoms with Crippen molar-refractivity contribution < 1.29 is 33.4 Å². The van der Waals surface area contributed by atoms with Crippen LogP contribution < -0.4 is 25.8 Å². The Labute approximate surface area is 378 Å². The number of carbonyl (C=O) groups is 5. The summed E-state index contributed by atoms with van der Waals surface area (Å²) in [7, 11) is 6.83. The maximum Gasteiger partial charge on any atom is 0.240 e. The summed E-state index contributed by atoms with van der Waals surface area (Å²) < 4.78 is 14.3. The van der Waals surface area contributed by atoms with Gasteiger partial charge in [0.05, 0.1) is 55.7 Å². The van der Waals surface area contributed by atoms with Crippen LogP contribution in [-0.2, 0) is 41.3 Å². The molecule has 6 rings (SSSR count). The van der Waals surface area contributed by atoms with Crippen LogP contribution in [0.5, 0.6) is 11.5 Å². The number of ether oxygens (including phenoxy) is 2. The van der Waals surface area contributed by atoms with Crippen molar-refractivity contribution in [1.29, 1.82) is 5.26 Å². The molecule has 0 aliphatic heterocycles. The third-order valence-electron chi connectivity index (χ3n) is 10.9. The predicted molar refractivity (Wildman–Crippen MR) is 246 cm³/mol. The van der Waals surface area contributed by atoms with Crippen LogP contribution in [0.2, 0.25) is 0 Å². The van der Waals surface area contributed by atoms with Crippen molar-refractivity contribution in [3.05, 3.63) is 96.4 Å². The number of imidazole rings is 2. The molecule has 3 amide bonds. The highest BCUT2D eigenvalue weighted by molar-refractivity contribution is 6.03. The first kappa shape index (κ1) is 48.8. The fraction of sp³-hybridized carbons (Fsp3) is 0.417. The summed E-state index contributed by atoms with van der Waals surface area (Å²) in [6, 6.07) is 15.1. The maximum atomic E-state index is 13.1. The van der Waals surface area contributed by atoms with E-state index in [1.807, 2.05) is 84.4 Å². The molecule has 6 N–H and O–H groups in total. The lowest BCUT2D eigenvalue weighted by molar-refractivity contribution is -0.130. The molecule has 0 saturated carbocycles. The Morgan fingerprint density at radius 3 is 1.55 bits per heavy atom. The molecule has 0 bridgehead atoms. The second-order valence-electron chi connectivity index (χ2n) is 17.2. The van der Waals surface area contributed by atoms with Gasteiger partial charge < -0.3 is 44.9 Å². The Balaban J connectivity index is 0.000000244. The molecule has 4 atom stereocenters. The average molecular weight is 889 g/mol. The molecule has 0 aliphatic carbocycles. The van der Waals surface area contributed by atoms with Crippen molar-refractivity contribution in [1.82, 2.24) is 39.7 Å². The van der Waals surface area contributed by atoms with E-state index in [0.29, 0.717) is 47.8 Å². The van der Waals surface area contributed by atoms with Gasteiger partial charge in [-0.2, -0.15) is 5.26 Å². The lowest BCUT2D eigenvalue weighted by atomic mass is 9.90. The van der Waals surface area contributed by atoms with Crippen LogP contribution in [0.3, 0.4) is 0 Å². The second kappa shape index (κ2) is 22.4. The summed E-state index contributed by atoms with van der Waals surface area (Å²) in [5.74, 6) is -1.03. The Hall–Kier alpha value is -7.22. The van der Waals surface area contributed by atoms with E-state index in [2.05, 4.69) is 36.6 Å². The quantitative estimate of drug-likeness (QED) is 0.0548. The fourth-order valence-corrected chi connectivity index (χ4v) is 7.78. The van der Waals surface area contributed by atoms with Crippen molar-refractivity contribution in [3.8, 4) is 17.6 Å². The second-order valence-corrected chi connectivity index (χ2v) is 17.2. The number of nitrogens with one attached hydrogen (secondary N) is 4. The molecule has 17 nitrogen and oxygen atoms in total. The topological polar surface area (TPSA) is 245 Å². The number of primary amides is 1. The molecule has 0 fully saturated rings. The number of aromatic nitrogens is 6. The molecule has 2 aromatic carbocycles. The first-order chi connectivity index (χ1) is 31.0. The molecule has 4 aromatic heterocycles. The number of nitriles is 1. The summed E-state index contributed by atoms with van der Waals surface area (Å²) >= 11 is 0. The minimum atomic E-state index is -0.908. The zero-order valence-electron chi connectivity index (χ0n) is 38.3. The number of methoxy groups -OCH3 is 2. The number of aryl methyl sites for hydroxylation is 2. The van der Waals surface area contributed by atoms with E-state index in [1.54, 1.807) is 54.3 Å². The molecule has 0 radical (unpaired) electrons. The molecule has 6 aromatic rings. The van der Waals surface area contributed by atoms with Crippen LogP contribution in [0.1, 0.15) is 85.7 Å². The number of Topliss-reactive ketones (excluding diaryl/α,β-unsaturated/α-hetero) is 2. The van der Waals surface area contributed by atoms with Crippen LogP contribution in [0, 0.1) is 35.0 Å². The van der Waals surface area contributed by atoms with E-state index in [1.165, 1.54) is 0 Å². The van der Waals surface area contributed by atoms with Crippen molar-refractivity contribution in [2.45, 2.75) is 78.3 Å². The number of ketones is 2. The van der Waals surface area contributed by atoms with Gasteiger partial charge in [0, 0.05) is 85.8 Å². The highest BCUT2D eigenvalue weighted by atomic mass is 16.5. The van der Waals surface area contributed by atoms with Gasteiger partial charge in [-0.1, -0.05) is 39.8 Å². The molecule has 65 heavy (non-hydrogen) atoms. The van der Waals surface area contributed by atoms with Crippen LogP contribution >= 0.6 is 0 Å². The van der Waals surface area contributed by atoms with Gasteiger partial charge in [0.2, 0.25) is 17.7 Å². The monoisotopic (exact) mass is 888 g/mol. The highest BCUT2D eigenvalue weighted by Gasteiger charge is 2.29. The Bertz CT molecular complexity index is 2650. The SMILES string of the molecule is COc1cccc2[nH]c(C(=O)C[C@@H](CC(C)C)C(=O)N[C@@H](Cc3cn(C)cn3)C(N)=O)cc12.COc1cccc2[nH]c(C(=O)C[C@@H](CC(C)C)C(=O)N[C@H](C#N)Cc3cn(C)cn3)cc12. The number of nitrogens with zero attached hydrogens (tertiary/aromatic N) is 5. The minimum Gasteiger partial charge on any atom is -0.496 e. The molecule has 0 saturated heterocycles. The van der Waals surface area contributed by atoms with Crippen LogP contribution in [0.15, 0.2) is 73.6 Å². The summed E-state index contributed by atoms with van der Waals surface area (Å²) in [5, 5.41) is 16.7. The first-order valence-electron chi connectivity index (χ1n) is 21.6. The number of aromatic amines is 2. The number of hydrogen-bond donors (Lipinski definition) is 5. The van der Waals surface area contributed by atoms with E-state index >= 15 is 0 Å². The number of amides is 3. The Morgan fingerprint density at radius 2 is 1.17 bits per heavy atom. The van der Waals surface area contributed by atoms with E-state index in [9.17, 15) is 29.2 Å². The van der Waals surface area contributed by atoms with E-state index in [-0.39, 0.29) is 54.5 Å². The van der Waals surface area contributed by atoms with Gasteiger partial charge in [0.15, 0.2) is 11.6 Å². The van der Waals surface area contributed by atoms with Gasteiger partial charge in [-0.15, -0.1) is 0 Å². The van der Waals surface area contributed by atoms with E-state index in [0.717, 1.165) is 27.5 Å². The number of benzene rings is 2. The lowest BCUT2D eigenvalue weighted by Gasteiger charge is -2.21. The third-order valence-corrected chi connectivity index (χ3v) is 10.9. The van der Waals surface area contributed by atoms with Gasteiger partial charge in [-0.25, -0.2) is 9.97 Å². The van der Waals surface area contributed by atoms with Crippen molar-refractivity contribution in [2.75, 3.05) is 14.2 Å². The molecular weight excluding hydrogens is 829 g/mol. The number of nitrogens with two attached hydrogens (primary N) is 1. The van der Waals surface area contributed by atoms with Gasteiger partial charge in [-0.3, -0.25) is 24.0 Å². The summed E-state index contributed by atoms with van der Waals surface area (Å²) in [6.07, 6.45) is 8.45. The zero-order valence-corrected chi connectivity index (χ0v) is 38.3. The molecule has 17 heteroatoms. The number of hydrogen-bond acceptors (Lipinski definition) is 10. The van der Waals surface area contributed by atoms with Gasteiger partial charge in [0.1, 0.15) is 23.6 Å². The summed E-state index contributed by atoms with van der Waals surface area (Å²) in [5.41, 5.74) is 9.34. The number of rotatable bonds is 21. The number of H-pyrrole nitrogens is 2. The smallest absolute Gasteiger partial charge is 0.240 e. The van der Waals surface area contributed by atoms with Crippen LogP contribution in [0.25, 0.3) is 21.8 Å². The molecule has 0 spiro atoms. The zero-order chi connectivity index (χ0) is 47.4. The van der Waals surface area contributed by atoms with Gasteiger partial charge >= 0.3 is 0 Å². The van der Waals surface area contributed by atoms with Crippen molar-refractivity contribution in [2.24, 2.45) is 43.5 Å². The molecule has 344 valence electrons. The standard InChI is InChI=1S/C24H31N5O4.C24H29N5O3/c1-14(2)8-15(24(32)28-20(23(25)31)10-16-12-29(3)13-26-16)9-21(30)19-11-17-18(27-19)6-5-7-22(17)33-4;1-15(2)8-16(24(31)27-17(12-25)10-18-13-29(3)14-26-18)9-22(30)21-11-19-20(28-21)6-5-7-23(19)32-4/h5-7,11-15,20,27H,8-10H2,1-4H3,(H2,25,31)(H,28,32);5-7,11,13-17,28H,8-10H2,1-4H3,(H,27,31)/t15-,20+;16-,17+/m11/s1. The third kappa shape index (κ3) is 13.4. The van der Waals surface area contributed by atoms with Gasteiger partial charge in [-0.05, 0) is 61.1 Å². The van der Waals surface area contributed by atoms with E-state index < -0.39 is 29.8 Å². The van der Waals surface area contributed by atoms with Crippen LogP contribution in [0.4, 0.5) is 0 Å². The average Bonchev–Trinajstić information content (AvgIpc) is 4.09. The molecular formula is C48H60N10O7. The van der Waals surface area contributed by atoms with Gasteiger partial charge in [0.25, 0.3) is 0 Å². The fourth-order valence-electron chi connectivity index (χ4n) is 7.78. The number of carbonyl (C=O) groups excluding carboxylic acids is 5.